The van der Waals surface area contributed by atoms with E-state index in [1.165, 1.54) is 5.56 Å². The molecule has 5 heteroatoms. The zero-order valence-corrected chi connectivity index (χ0v) is 12.0. The molecule has 0 bridgehead atoms. The molecule has 4 rings (SSSR count). The number of nitrogens with zero attached hydrogens (tertiary/aromatic N) is 1. The van der Waals surface area contributed by atoms with E-state index in [4.69, 9.17) is 9.47 Å². The molecule has 0 amide bonds. The highest BCUT2D eigenvalue weighted by molar-refractivity contribution is 5.69. The van der Waals surface area contributed by atoms with Crippen LogP contribution < -0.4 is 14.8 Å². The minimum atomic E-state index is -0.400. The molecule has 0 fully saturated rings. The maximum atomic E-state index is 11.6. The van der Waals surface area contributed by atoms with Crippen LogP contribution in [0.25, 0.3) is 0 Å². The van der Waals surface area contributed by atoms with Crippen LogP contribution in [-0.4, -0.2) is 24.6 Å². The Balaban J connectivity index is 1.71. The Bertz CT molecular complexity index is 730. The van der Waals surface area contributed by atoms with Gasteiger partial charge in [0.15, 0.2) is 11.5 Å². The van der Waals surface area contributed by atoms with E-state index in [1.54, 1.807) is 0 Å². The van der Waals surface area contributed by atoms with E-state index >= 15 is 0 Å². The molecular formula is C17H16N2O3. The number of ether oxygens (including phenoxy) is 2. The van der Waals surface area contributed by atoms with E-state index in [-0.39, 0.29) is 6.79 Å². The van der Waals surface area contributed by atoms with Crippen LogP contribution in [0, 0.1) is 0 Å². The van der Waals surface area contributed by atoms with Gasteiger partial charge in [0, 0.05) is 6.54 Å². The van der Waals surface area contributed by atoms with Gasteiger partial charge >= 0.3 is 0 Å². The highest BCUT2D eigenvalue weighted by atomic mass is 16.7. The molecule has 2 aromatic rings. The summed E-state index contributed by atoms with van der Waals surface area (Å²) in [6, 6.07) is 9.59. The fourth-order valence-electron chi connectivity index (χ4n) is 2.94. The summed E-state index contributed by atoms with van der Waals surface area (Å²) in [5.41, 5.74) is 2.83. The number of aromatic nitrogens is 1. The summed E-state index contributed by atoms with van der Waals surface area (Å²) in [5, 5.41) is 3.30. The predicted octanol–water partition coefficient (Wildman–Crippen LogP) is 2.50. The molecule has 2 aliphatic rings. The van der Waals surface area contributed by atoms with Crippen molar-refractivity contribution in [1.29, 1.82) is 0 Å². The third-order valence-corrected chi connectivity index (χ3v) is 4.13. The normalized spacial score (nSPS) is 16.5. The maximum Gasteiger partial charge on any atom is 0.231 e. The van der Waals surface area contributed by atoms with Crippen molar-refractivity contribution in [3.05, 3.63) is 47.2 Å². The van der Waals surface area contributed by atoms with Crippen LogP contribution in [0.2, 0.25) is 0 Å². The molecule has 0 saturated carbocycles. The third kappa shape index (κ3) is 2.19. The minimum absolute atomic E-state index is 0.228. The van der Waals surface area contributed by atoms with Crippen molar-refractivity contribution < 1.29 is 14.3 Å². The summed E-state index contributed by atoms with van der Waals surface area (Å²) in [6.07, 6.45) is 3.08. The van der Waals surface area contributed by atoms with Gasteiger partial charge in [-0.3, -0.25) is 0 Å². The van der Waals surface area contributed by atoms with Crippen molar-refractivity contribution in [3.63, 3.8) is 0 Å². The van der Waals surface area contributed by atoms with Gasteiger partial charge in [-0.15, -0.1) is 0 Å². The zero-order chi connectivity index (χ0) is 14.9. The molecule has 1 aromatic heterocycles. The molecule has 3 heterocycles. The van der Waals surface area contributed by atoms with Crippen molar-refractivity contribution in [2.24, 2.45) is 0 Å². The lowest BCUT2D eigenvalue weighted by Crippen LogP contribution is -2.15. The molecule has 0 spiro atoms. The fourth-order valence-corrected chi connectivity index (χ4v) is 2.94. The smallest absolute Gasteiger partial charge is 0.231 e. The van der Waals surface area contributed by atoms with E-state index in [9.17, 15) is 4.79 Å². The number of aldehydes is 1. The molecule has 22 heavy (non-hydrogen) atoms. The number of rotatable bonds is 3. The summed E-state index contributed by atoms with van der Waals surface area (Å²) in [6.45, 7) is 1.16. The molecular weight excluding hydrogens is 280 g/mol. The second-order valence-electron chi connectivity index (χ2n) is 5.50. The molecule has 1 unspecified atom stereocenters. The summed E-state index contributed by atoms with van der Waals surface area (Å²) in [4.78, 5) is 16.3. The third-order valence-electron chi connectivity index (χ3n) is 4.13. The number of pyridine rings is 1. The fraction of sp³-hybridized carbons (Fsp3) is 0.294. The lowest BCUT2D eigenvalue weighted by Gasteiger charge is -2.19. The van der Waals surface area contributed by atoms with Crippen molar-refractivity contribution in [3.8, 4) is 11.5 Å². The largest absolute Gasteiger partial charge is 0.454 e. The monoisotopic (exact) mass is 296 g/mol. The van der Waals surface area contributed by atoms with Crippen LogP contribution in [0.4, 0.5) is 5.82 Å². The standard InChI is InChI=1S/C17H16N2O3/c20-9-13(12-4-6-15-16(8-12)22-10-21-15)14-5-3-11-2-1-7-18-17(11)19-14/h3-6,8-9,13H,1-2,7,10H2,(H,18,19). The van der Waals surface area contributed by atoms with E-state index in [0.717, 1.165) is 42.7 Å². The van der Waals surface area contributed by atoms with Crippen molar-refractivity contribution >= 4 is 12.1 Å². The van der Waals surface area contributed by atoms with E-state index in [2.05, 4.69) is 16.4 Å². The van der Waals surface area contributed by atoms with Crippen molar-refractivity contribution in [1.82, 2.24) is 4.98 Å². The van der Waals surface area contributed by atoms with Gasteiger partial charge < -0.3 is 19.6 Å². The van der Waals surface area contributed by atoms with Crippen LogP contribution in [0.1, 0.15) is 29.2 Å². The highest BCUT2D eigenvalue weighted by Crippen LogP contribution is 2.36. The van der Waals surface area contributed by atoms with Gasteiger partial charge in [0.2, 0.25) is 6.79 Å². The number of hydrogen-bond donors (Lipinski definition) is 1. The molecule has 0 aliphatic carbocycles. The Morgan fingerprint density at radius 3 is 3.00 bits per heavy atom. The minimum Gasteiger partial charge on any atom is -0.454 e. The Kier molecular flexibility index (Phi) is 3.18. The SMILES string of the molecule is O=CC(c1ccc2c(c1)OCO2)c1ccc2c(n1)NCCC2. The number of aryl methyl sites for hydroxylation is 1. The van der Waals surface area contributed by atoms with Crippen molar-refractivity contribution in [2.75, 3.05) is 18.7 Å². The Morgan fingerprint density at radius 1 is 1.18 bits per heavy atom. The van der Waals surface area contributed by atoms with Gasteiger partial charge in [-0.05, 0) is 42.2 Å². The molecule has 112 valence electrons. The maximum absolute atomic E-state index is 11.6. The first-order chi connectivity index (χ1) is 10.8. The van der Waals surface area contributed by atoms with Crippen LogP contribution in [0.3, 0.4) is 0 Å². The molecule has 2 aliphatic heterocycles. The second-order valence-corrected chi connectivity index (χ2v) is 5.50. The first kappa shape index (κ1) is 13.1. The Morgan fingerprint density at radius 2 is 2.09 bits per heavy atom. The second kappa shape index (κ2) is 5.33. The van der Waals surface area contributed by atoms with Gasteiger partial charge in [0.05, 0.1) is 11.6 Å². The average Bonchev–Trinajstić information content (AvgIpc) is 3.03. The van der Waals surface area contributed by atoms with E-state index in [1.807, 2.05) is 24.3 Å². The molecule has 1 aromatic carbocycles. The number of anilines is 1. The van der Waals surface area contributed by atoms with Crippen molar-refractivity contribution in [2.45, 2.75) is 18.8 Å². The molecule has 1 atom stereocenters. The number of carbonyl (C=O) groups is 1. The number of carbonyl (C=O) groups excluding carboxylic acids is 1. The summed E-state index contributed by atoms with van der Waals surface area (Å²) in [7, 11) is 0. The number of nitrogens with one attached hydrogen (secondary N) is 1. The number of benzene rings is 1. The Hall–Kier alpha value is -2.56. The topological polar surface area (TPSA) is 60.5 Å². The Labute approximate surface area is 128 Å². The zero-order valence-electron chi connectivity index (χ0n) is 12.0. The quantitative estimate of drug-likeness (QED) is 0.882. The van der Waals surface area contributed by atoms with E-state index in [0.29, 0.717) is 11.5 Å². The van der Waals surface area contributed by atoms with Crippen LogP contribution in [0.15, 0.2) is 30.3 Å². The lowest BCUT2D eigenvalue weighted by molar-refractivity contribution is -0.108. The first-order valence-corrected chi connectivity index (χ1v) is 7.44. The highest BCUT2D eigenvalue weighted by Gasteiger charge is 2.21. The molecule has 0 radical (unpaired) electrons. The average molecular weight is 296 g/mol. The van der Waals surface area contributed by atoms with Gasteiger partial charge in [0.1, 0.15) is 12.1 Å². The molecule has 0 saturated heterocycles. The predicted molar refractivity (Wildman–Crippen MR) is 81.5 cm³/mol. The molecule has 1 N–H and O–H groups in total. The lowest BCUT2D eigenvalue weighted by atomic mass is 9.95. The summed E-state index contributed by atoms with van der Waals surface area (Å²) in [5.74, 6) is 1.90. The van der Waals surface area contributed by atoms with Crippen LogP contribution >= 0.6 is 0 Å². The van der Waals surface area contributed by atoms with Crippen LogP contribution in [0.5, 0.6) is 11.5 Å². The number of fused-ring (bicyclic) bond motifs is 2. The first-order valence-electron chi connectivity index (χ1n) is 7.44. The summed E-state index contributed by atoms with van der Waals surface area (Å²) < 4.78 is 10.7. The summed E-state index contributed by atoms with van der Waals surface area (Å²) >= 11 is 0. The van der Waals surface area contributed by atoms with Gasteiger partial charge in [-0.1, -0.05) is 12.1 Å². The van der Waals surface area contributed by atoms with Gasteiger partial charge in [0.25, 0.3) is 0 Å². The van der Waals surface area contributed by atoms with E-state index < -0.39 is 5.92 Å². The number of hydrogen-bond acceptors (Lipinski definition) is 5. The van der Waals surface area contributed by atoms with Gasteiger partial charge in [-0.2, -0.15) is 0 Å². The van der Waals surface area contributed by atoms with Crippen LogP contribution in [-0.2, 0) is 11.2 Å². The van der Waals surface area contributed by atoms with Gasteiger partial charge in [-0.25, -0.2) is 4.98 Å². The molecule has 5 nitrogen and oxygen atoms in total.